The zero-order valence-corrected chi connectivity index (χ0v) is 18.1. The molecule has 170 valence electrons. The first-order valence-corrected chi connectivity index (χ1v) is 11.3. The van der Waals surface area contributed by atoms with Gasteiger partial charge in [0, 0.05) is 6.42 Å². The van der Waals surface area contributed by atoms with Gasteiger partial charge in [0.25, 0.3) is 0 Å². The molecular formula is C24H38O6. The van der Waals surface area contributed by atoms with Crippen LogP contribution in [0.1, 0.15) is 69.8 Å². The van der Waals surface area contributed by atoms with Crippen molar-refractivity contribution in [3.05, 3.63) is 29.8 Å². The number of aliphatic carboxylic acids is 1. The SMILES string of the molecule is COc1ccccc1CC[C@H](O)CC[C@@H]1[C@@H](CCCCCCC(=O)O)[C@@H](O)C[C@H]1O. The zero-order chi connectivity index (χ0) is 21.9. The van der Waals surface area contributed by atoms with Crippen molar-refractivity contribution in [2.24, 2.45) is 11.8 Å². The Kier molecular flexibility index (Phi) is 10.6. The smallest absolute Gasteiger partial charge is 0.303 e. The van der Waals surface area contributed by atoms with E-state index >= 15 is 0 Å². The normalized spacial score (nSPS) is 24.7. The van der Waals surface area contributed by atoms with Crippen LogP contribution in [-0.4, -0.2) is 51.8 Å². The van der Waals surface area contributed by atoms with Gasteiger partial charge < -0.3 is 25.2 Å². The van der Waals surface area contributed by atoms with Crippen molar-refractivity contribution < 1.29 is 30.0 Å². The van der Waals surface area contributed by atoms with Gasteiger partial charge in [-0.25, -0.2) is 0 Å². The average Bonchev–Trinajstić information content (AvgIpc) is 2.99. The highest BCUT2D eigenvalue weighted by atomic mass is 16.5. The minimum Gasteiger partial charge on any atom is -0.496 e. The van der Waals surface area contributed by atoms with Gasteiger partial charge in [-0.1, -0.05) is 37.5 Å². The molecule has 0 radical (unpaired) electrons. The molecule has 0 unspecified atom stereocenters. The molecule has 0 saturated heterocycles. The van der Waals surface area contributed by atoms with Crippen LogP contribution in [0.5, 0.6) is 5.75 Å². The molecule has 1 aromatic carbocycles. The summed E-state index contributed by atoms with van der Waals surface area (Å²) in [5, 5.41) is 39.9. The number of methoxy groups -OCH3 is 1. The first-order chi connectivity index (χ1) is 14.4. The molecule has 1 aliphatic carbocycles. The average molecular weight is 423 g/mol. The summed E-state index contributed by atoms with van der Waals surface area (Å²) in [5.41, 5.74) is 1.08. The largest absolute Gasteiger partial charge is 0.496 e. The third-order valence-electron chi connectivity index (χ3n) is 6.47. The Morgan fingerprint density at radius 2 is 1.70 bits per heavy atom. The molecule has 1 saturated carbocycles. The summed E-state index contributed by atoms with van der Waals surface area (Å²) in [6, 6.07) is 7.82. The molecule has 0 spiro atoms. The fourth-order valence-corrected chi connectivity index (χ4v) is 4.75. The third-order valence-corrected chi connectivity index (χ3v) is 6.47. The van der Waals surface area contributed by atoms with Crippen LogP contribution in [0.15, 0.2) is 24.3 Å². The van der Waals surface area contributed by atoms with Crippen LogP contribution in [-0.2, 0) is 11.2 Å². The van der Waals surface area contributed by atoms with Gasteiger partial charge >= 0.3 is 5.97 Å². The van der Waals surface area contributed by atoms with E-state index in [1.165, 1.54) is 0 Å². The number of hydrogen-bond acceptors (Lipinski definition) is 5. The molecule has 6 heteroatoms. The molecule has 1 fully saturated rings. The molecule has 1 aromatic rings. The summed E-state index contributed by atoms with van der Waals surface area (Å²) in [6.45, 7) is 0. The molecular weight excluding hydrogens is 384 g/mol. The van der Waals surface area contributed by atoms with Crippen LogP contribution in [0.25, 0.3) is 0 Å². The molecule has 1 aliphatic rings. The lowest BCUT2D eigenvalue weighted by Gasteiger charge is -2.24. The quantitative estimate of drug-likeness (QED) is 0.342. The first-order valence-electron chi connectivity index (χ1n) is 11.3. The summed E-state index contributed by atoms with van der Waals surface area (Å²) in [6.07, 6.45) is 6.14. The maximum atomic E-state index is 10.6. The van der Waals surface area contributed by atoms with Gasteiger partial charge in [0.1, 0.15) is 5.75 Å². The van der Waals surface area contributed by atoms with Gasteiger partial charge in [-0.3, -0.25) is 4.79 Å². The summed E-state index contributed by atoms with van der Waals surface area (Å²) in [5.74, 6) is 0.150. The Morgan fingerprint density at radius 3 is 2.40 bits per heavy atom. The number of hydrogen-bond donors (Lipinski definition) is 4. The van der Waals surface area contributed by atoms with Crippen LogP contribution >= 0.6 is 0 Å². The van der Waals surface area contributed by atoms with E-state index in [0.717, 1.165) is 43.4 Å². The van der Waals surface area contributed by atoms with Gasteiger partial charge in [-0.15, -0.1) is 0 Å². The molecule has 0 bridgehead atoms. The summed E-state index contributed by atoms with van der Waals surface area (Å²) in [4.78, 5) is 10.6. The lowest BCUT2D eigenvalue weighted by atomic mass is 9.84. The topological polar surface area (TPSA) is 107 Å². The highest BCUT2D eigenvalue weighted by Crippen LogP contribution is 2.39. The number of aliphatic hydroxyl groups excluding tert-OH is 3. The van der Waals surface area contributed by atoms with Gasteiger partial charge in [-0.05, 0) is 68.4 Å². The lowest BCUT2D eigenvalue weighted by molar-refractivity contribution is -0.137. The first kappa shape index (κ1) is 24.6. The van der Waals surface area contributed by atoms with E-state index in [0.29, 0.717) is 32.1 Å². The highest BCUT2D eigenvalue weighted by Gasteiger charge is 2.40. The fraction of sp³-hybridized carbons (Fsp3) is 0.708. The standard InChI is InChI=1S/C24H38O6/c1-30-23-10-7-6-8-17(23)12-13-18(25)14-15-20-19(21(26)16-22(20)27)9-4-2-3-5-11-24(28)29/h6-8,10,18-22,25-27H,2-5,9,11-16H2,1H3,(H,28,29)/t18-,19+,20+,21-,22+/m0/s1. The van der Waals surface area contributed by atoms with Crippen molar-refractivity contribution in [3.8, 4) is 5.75 Å². The predicted molar refractivity (Wildman–Crippen MR) is 116 cm³/mol. The van der Waals surface area contributed by atoms with E-state index in [1.807, 2.05) is 24.3 Å². The number of aryl methyl sites for hydroxylation is 1. The predicted octanol–water partition coefficient (Wildman–Crippen LogP) is 3.55. The highest BCUT2D eigenvalue weighted by molar-refractivity contribution is 5.66. The van der Waals surface area contributed by atoms with Crippen molar-refractivity contribution >= 4 is 5.97 Å². The number of carboxylic acids is 1. The van der Waals surface area contributed by atoms with Crippen LogP contribution < -0.4 is 4.74 Å². The third kappa shape index (κ3) is 7.89. The van der Waals surface area contributed by atoms with Crippen LogP contribution in [0, 0.1) is 11.8 Å². The number of carboxylic acid groups (broad SMARTS) is 1. The molecule has 0 heterocycles. The van der Waals surface area contributed by atoms with E-state index in [2.05, 4.69) is 0 Å². The van der Waals surface area contributed by atoms with E-state index in [1.54, 1.807) is 7.11 Å². The number of unbranched alkanes of at least 4 members (excludes halogenated alkanes) is 3. The minimum absolute atomic E-state index is 0.0138. The number of carbonyl (C=O) groups is 1. The van der Waals surface area contributed by atoms with Crippen molar-refractivity contribution in [1.82, 2.24) is 0 Å². The zero-order valence-electron chi connectivity index (χ0n) is 18.1. The molecule has 4 N–H and O–H groups in total. The second-order valence-corrected chi connectivity index (χ2v) is 8.63. The van der Waals surface area contributed by atoms with Crippen LogP contribution in [0.3, 0.4) is 0 Å². The summed E-state index contributed by atoms with van der Waals surface area (Å²) >= 11 is 0. The number of aliphatic hydroxyl groups is 3. The Morgan fingerprint density at radius 1 is 1.03 bits per heavy atom. The van der Waals surface area contributed by atoms with Crippen molar-refractivity contribution in [1.29, 1.82) is 0 Å². The molecule has 30 heavy (non-hydrogen) atoms. The molecule has 0 aliphatic heterocycles. The second-order valence-electron chi connectivity index (χ2n) is 8.63. The number of para-hydroxylation sites is 1. The Hall–Kier alpha value is -1.63. The number of ether oxygens (including phenoxy) is 1. The van der Waals surface area contributed by atoms with Gasteiger partial charge in [0.2, 0.25) is 0 Å². The van der Waals surface area contributed by atoms with E-state index in [9.17, 15) is 20.1 Å². The van der Waals surface area contributed by atoms with Crippen LogP contribution in [0.4, 0.5) is 0 Å². The maximum absolute atomic E-state index is 10.6. The number of rotatable bonds is 14. The van der Waals surface area contributed by atoms with E-state index < -0.39 is 24.3 Å². The summed E-state index contributed by atoms with van der Waals surface area (Å²) in [7, 11) is 1.65. The Balaban J connectivity index is 1.73. The van der Waals surface area contributed by atoms with Gasteiger partial charge in [-0.2, -0.15) is 0 Å². The van der Waals surface area contributed by atoms with Crippen LogP contribution in [0.2, 0.25) is 0 Å². The van der Waals surface area contributed by atoms with Crippen molar-refractivity contribution in [2.45, 2.75) is 88.9 Å². The Bertz CT molecular complexity index is 634. The molecule has 6 nitrogen and oxygen atoms in total. The van der Waals surface area contributed by atoms with Crippen molar-refractivity contribution in [3.63, 3.8) is 0 Å². The van der Waals surface area contributed by atoms with E-state index in [4.69, 9.17) is 9.84 Å². The lowest BCUT2D eigenvalue weighted by Crippen LogP contribution is -2.24. The summed E-state index contributed by atoms with van der Waals surface area (Å²) < 4.78 is 5.36. The molecule has 2 rings (SSSR count). The van der Waals surface area contributed by atoms with Crippen molar-refractivity contribution in [2.75, 3.05) is 7.11 Å². The van der Waals surface area contributed by atoms with Gasteiger partial charge in [0.05, 0.1) is 25.4 Å². The van der Waals surface area contributed by atoms with E-state index in [-0.39, 0.29) is 18.3 Å². The second kappa shape index (κ2) is 12.9. The number of benzene rings is 1. The minimum atomic E-state index is -0.756. The fourth-order valence-electron chi connectivity index (χ4n) is 4.75. The Labute approximate surface area is 179 Å². The molecule has 0 amide bonds. The molecule has 0 aromatic heterocycles. The molecule has 5 atom stereocenters. The maximum Gasteiger partial charge on any atom is 0.303 e. The monoisotopic (exact) mass is 422 g/mol. The van der Waals surface area contributed by atoms with Gasteiger partial charge in [0.15, 0.2) is 0 Å².